The van der Waals surface area contributed by atoms with Crippen molar-refractivity contribution in [3.8, 4) is 0 Å². The third-order valence-electron chi connectivity index (χ3n) is 2.59. The second-order valence-corrected chi connectivity index (χ2v) is 7.66. The van der Waals surface area contributed by atoms with Gasteiger partial charge in [0.25, 0.3) is 0 Å². The predicted molar refractivity (Wildman–Crippen MR) is 73.0 cm³/mol. The standard InChI is InChI=1S/C12H27NO4S/c1-10(2)17-8-9-18(15,16)13-11(6-7-14)12(3,4)5/h10-11,13-14H,6-9H2,1-5H3. The molecule has 6 heteroatoms. The molecule has 0 rings (SSSR count). The largest absolute Gasteiger partial charge is 0.396 e. The van der Waals surface area contributed by atoms with E-state index < -0.39 is 10.0 Å². The van der Waals surface area contributed by atoms with Gasteiger partial charge in [0, 0.05) is 12.6 Å². The first-order chi connectivity index (χ1) is 8.08. The Labute approximate surface area is 111 Å². The Bertz CT molecular complexity index is 319. The van der Waals surface area contributed by atoms with E-state index in [9.17, 15) is 8.42 Å². The van der Waals surface area contributed by atoms with Gasteiger partial charge >= 0.3 is 0 Å². The first-order valence-corrected chi connectivity index (χ1v) is 7.96. The van der Waals surface area contributed by atoms with Crippen molar-refractivity contribution >= 4 is 10.0 Å². The molecule has 0 saturated heterocycles. The van der Waals surface area contributed by atoms with Crippen molar-refractivity contribution in [2.24, 2.45) is 5.41 Å². The van der Waals surface area contributed by atoms with Crippen molar-refractivity contribution in [3.05, 3.63) is 0 Å². The normalized spacial score (nSPS) is 15.1. The van der Waals surface area contributed by atoms with Gasteiger partial charge in [0.15, 0.2) is 0 Å². The van der Waals surface area contributed by atoms with Crippen LogP contribution in [0.4, 0.5) is 0 Å². The predicted octanol–water partition coefficient (Wildman–Crippen LogP) is 1.13. The van der Waals surface area contributed by atoms with Gasteiger partial charge in [-0.15, -0.1) is 0 Å². The Hall–Kier alpha value is -0.170. The lowest BCUT2D eigenvalue weighted by molar-refractivity contribution is 0.0910. The van der Waals surface area contributed by atoms with E-state index in [0.29, 0.717) is 6.42 Å². The zero-order chi connectivity index (χ0) is 14.4. The van der Waals surface area contributed by atoms with Crippen LogP contribution in [0.25, 0.3) is 0 Å². The molecular weight excluding hydrogens is 254 g/mol. The lowest BCUT2D eigenvalue weighted by Crippen LogP contribution is -2.45. The molecule has 0 saturated carbocycles. The highest BCUT2D eigenvalue weighted by molar-refractivity contribution is 7.89. The molecule has 0 bridgehead atoms. The molecular formula is C12H27NO4S. The van der Waals surface area contributed by atoms with E-state index in [4.69, 9.17) is 9.84 Å². The van der Waals surface area contributed by atoms with E-state index in [1.807, 2.05) is 34.6 Å². The lowest BCUT2D eigenvalue weighted by Gasteiger charge is -2.30. The monoisotopic (exact) mass is 281 g/mol. The maximum Gasteiger partial charge on any atom is 0.214 e. The number of aliphatic hydroxyl groups is 1. The molecule has 1 unspecified atom stereocenters. The van der Waals surface area contributed by atoms with Crippen LogP contribution in [0, 0.1) is 5.41 Å². The molecule has 0 aromatic carbocycles. The Morgan fingerprint density at radius 3 is 2.22 bits per heavy atom. The van der Waals surface area contributed by atoms with Crippen molar-refractivity contribution in [1.29, 1.82) is 0 Å². The van der Waals surface area contributed by atoms with Crippen molar-refractivity contribution in [3.63, 3.8) is 0 Å². The summed E-state index contributed by atoms with van der Waals surface area (Å²) in [5, 5.41) is 8.99. The first-order valence-electron chi connectivity index (χ1n) is 6.31. The van der Waals surface area contributed by atoms with Crippen LogP contribution in [0.3, 0.4) is 0 Å². The highest BCUT2D eigenvalue weighted by atomic mass is 32.2. The summed E-state index contributed by atoms with van der Waals surface area (Å²) >= 11 is 0. The summed E-state index contributed by atoms with van der Waals surface area (Å²) in [6.45, 7) is 9.71. The van der Waals surface area contributed by atoms with Crippen LogP contribution in [0.5, 0.6) is 0 Å². The van der Waals surface area contributed by atoms with E-state index in [-0.39, 0.29) is 36.5 Å². The molecule has 0 amide bonds. The van der Waals surface area contributed by atoms with Gasteiger partial charge in [-0.3, -0.25) is 0 Å². The Morgan fingerprint density at radius 1 is 1.28 bits per heavy atom. The van der Waals surface area contributed by atoms with E-state index in [0.717, 1.165) is 0 Å². The topological polar surface area (TPSA) is 75.6 Å². The molecule has 0 heterocycles. The van der Waals surface area contributed by atoms with Crippen LogP contribution in [0.2, 0.25) is 0 Å². The Kier molecular flexibility index (Phi) is 7.36. The first kappa shape index (κ1) is 17.8. The number of aliphatic hydroxyl groups excluding tert-OH is 1. The molecule has 0 spiro atoms. The SMILES string of the molecule is CC(C)OCCS(=O)(=O)NC(CCO)C(C)(C)C. The zero-order valence-corrected chi connectivity index (χ0v) is 12.9. The summed E-state index contributed by atoms with van der Waals surface area (Å²) < 4.78 is 31.6. The summed E-state index contributed by atoms with van der Waals surface area (Å²) in [6, 6.07) is -0.272. The number of ether oxygens (including phenoxy) is 1. The highest BCUT2D eigenvalue weighted by Gasteiger charge is 2.28. The Balaban J connectivity index is 4.43. The summed E-state index contributed by atoms with van der Waals surface area (Å²) in [6.07, 6.45) is 0.435. The van der Waals surface area contributed by atoms with E-state index >= 15 is 0 Å². The van der Waals surface area contributed by atoms with Crippen LogP contribution in [0.15, 0.2) is 0 Å². The zero-order valence-electron chi connectivity index (χ0n) is 12.1. The maximum absolute atomic E-state index is 11.9. The van der Waals surface area contributed by atoms with Crippen molar-refractivity contribution in [2.45, 2.75) is 53.2 Å². The van der Waals surface area contributed by atoms with Gasteiger partial charge in [0.2, 0.25) is 10.0 Å². The third-order valence-corrected chi connectivity index (χ3v) is 3.94. The lowest BCUT2D eigenvalue weighted by atomic mass is 9.86. The number of hydrogen-bond donors (Lipinski definition) is 2. The second kappa shape index (κ2) is 7.43. The number of nitrogens with one attached hydrogen (secondary N) is 1. The van der Waals surface area contributed by atoms with Crippen LogP contribution in [-0.4, -0.2) is 44.6 Å². The van der Waals surface area contributed by atoms with Crippen molar-refractivity contribution in [1.82, 2.24) is 4.72 Å². The fraction of sp³-hybridized carbons (Fsp3) is 1.00. The molecule has 0 aromatic heterocycles. The number of sulfonamides is 1. The van der Waals surface area contributed by atoms with Crippen LogP contribution in [-0.2, 0) is 14.8 Å². The molecule has 110 valence electrons. The average Bonchev–Trinajstić information content (AvgIpc) is 2.14. The highest BCUT2D eigenvalue weighted by Crippen LogP contribution is 2.22. The number of rotatable bonds is 8. The van der Waals surface area contributed by atoms with Crippen LogP contribution in [0.1, 0.15) is 41.0 Å². The molecule has 0 fully saturated rings. The quantitative estimate of drug-likeness (QED) is 0.699. The van der Waals surface area contributed by atoms with Crippen molar-refractivity contribution in [2.75, 3.05) is 19.0 Å². The van der Waals surface area contributed by atoms with Crippen molar-refractivity contribution < 1.29 is 18.3 Å². The average molecular weight is 281 g/mol. The molecule has 5 nitrogen and oxygen atoms in total. The molecule has 0 aromatic rings. The molecule has 0 aliphatic rings. The minimum atomic E-state index is -3.37. The molecule has 0 aliphatic heterocycles. The van der Waals surface area contributed by atoms with Crippen LogP contribution >= 0.6 is 0 Å². The van der Waals surface area contributed by atoms with Gasteiger partial charge in [-0.1, -0.05) is 20.8 Å². The van der Waals surface area contributed by atoms with Gasteiger partial charge in [0.1, 0.15) is 0 Å². The molecule has 0 aliphatic carbocycles. The van der Waals surface area contributed by atoms with Gasteiger partial charge in [-0.05, 0) is 25.7 Å². The molecule has 1 atom stereocenters. The minimum absolute atomic E-state index is 0.0241. The third kappa shape index (κ3) is 8.02. The maximum atomic E-state index is 11.9. The smallest absolute Gasteiger partial charge is 0.214 e. The van der Waals surface area contributed by atoms with Gasteiger partial charge in [-0.25, -0.2) is 13.1 Å². The molecule has 2 N–H and O–H groups in total. The molecule has 0 radical (unpaired) electrons. The summed E-state index contributed by atoms with van der Waals surface area (Å²) in [4.78, 5) is 0. The fourth-order valence-corrected chi connectivity index (χ4v) is 2.81. The Morgan fingerprint density at radius 2 is 1.83 bits per heavy atom. The summed E-state index contributed by atoms with van der Waals surface area (Å²) in [5.74, 6) is -0.0524. The minimum Gasteiger partial charge on any atom is -0.396 e. The molecule has 18 heavy (non-hydrogen) atoms. The van der Waals surface area contributed by atoms with Gasteiger partial charge < -0.3 is 9.84 Å². The fourth-order valence-electron chi connectivity index (χ4n) is 1.47. The second-order valence-electron chi connectivity index (χ2n) is 5.79. The van der Waals surface area contributed by atoms with E-state index in [1.54, 1.807) is 0 Å². The summed E-state index contributed by atoms with van der Waals surface area (Å²) in [5.41, 5.74) is -0.227. The van der Waals surface area contributed by atoms with E-state index in [2.05, 4.69) is 4.72 Å². The van der Waals surface area contributed by atoms with Crippen LogP contribution < -0.4 is 4.72 Å². The summed E-state index contributed by atoms with van der Waals surface area (Å²) in [7, 11) is -3.37. The van der Waals surface area contributed by atoms with E-state index in [1.165, 1.54) is 0 Å². The number of hydrogen-bond acceptors (Lipinski definition) is 4. The van der Waals surface area contributed by atoms with Gasteiger partial charge in [0.05, 0.1) is 18.5 Å². The van der Waals surface area contributed by atoms with Gasteiger partial charge in [-0.2, -0.15) is 0 Å².